The second kappa shape index (κ2) is 32.0. The maximum absolute atomic E-state index is 14.7. The molecular weight excluding hydrogens is 1010 g/mol. The number of primary amides is 1. The molecule has 7 atom stereocenters. The van der Waals surface area contributed by atoms with Crippen molar-refractivity contribution in [3.8, 4) is 0 Å². The van der Waals surface area contributed by atoms with Gasteiger partial charge in [0.05, 0.1) is 0 Å². The van der Waals surface area contributed by atoms with Gasteiger partial charge in [-0.2, -0.15) is 0 Å². The molecule has 0 saturated carbocycles. The molecule has 4 rings (SSSR count). The second-order valence-electron chi connectivity index (χ2n) is 18.8. The first-order valence-electron chi connectivity index (χ1n) is 25.9. The Morgan fingerprint density at radius 3 is 1.94 bits per heavy atom. The summed E-state index contributed by atoms with van der Waals surface area (Å²) >= 11 is 0. The minimum atomic E-state index is -1.59. The lowest BCUT2D eigenvalue weighted by Gasteiger charge is -2.28. The van der Waals surface area contributed by atoms with Crippen LogP contribution in [-0.4, -0.2) is 144 Å². The smallest absolute Gasteiger partial charge is 0.243 e. The molecule has 0 aliphatic carbocycles. The van der Waals surface area contributed by atoms with Crippen LogP contribution in [0.2, 0.25) is 0 Å². The first-order chi connectivity index (χ1) is 37.2. The normalized spacial score (nSPS) is 20.6. The molecule has 1 fully saturated rings. The van der Waals surface area contributed by atoms with Crippen LogP contribution in [-0.2, 0) is 60.8 Å². The molecule has 2 heterocycles. The van der Waals surface area contributed by atoms with Gasteiger partial charge < -0.3 is 80.7 Å². The number of nitrogens with two attached hydrogens (primary N) is 3. The van der Waals surface area contributed by atoms with E-state index in [2.05, 4.69) is 63.5 Å². The third kappa shape index (κ3) is 21.5. The Bertz CT molecular complexity index is 2590. The highest BCUT2D eigenvalue weighted by atomic mass is 16.2. The number of carbonyl (C=O) groups is 10. The number of carbonyl (C=O) groups excluding carboxylic acids is 10. The van der Waals surface area contributed by atoms with Crippen molar-refractivity contribution < 1.29 is 47.9 Å². The number of para-hydroxylation sites is 1. The highest BCUT2D eigenvalue weighted by Gasteiger charge is 2.35. The van der Waals surface area contributed by atoms with Gasteiger partial charge in [-0.05, 0) is 75.5 Å². The average molecular weight is 1090 g/mol. The molecule has 2 unspecified atom stereocenters. The van der Waals surface area contributed by atoms with Gasteiger partial charge in [-0.3, -0.25) is 58.8 Å². The maximum Gasteiger partial charge on any atom is 0.243 e. The molecule has 20 N–H and O–H groups in total. The van der Waals surface area contributed by atoms with E-state index in [1.165, 1.54) is 6.92 Å². The molecule has 27 heteroatoms. The minimum absolute atomic E-state index is 0.0114. The van der Waals surface area contributed by atoms with Crippen LogP contribution in [0.15, 0.2) is 60.8 Å². The molecular formula is C51H75N17O10. The zero-order valence-corrected chi connectivity index (χ0v) is 43.9. The van der Waals surface area contributed by atoms with Gasteiger partial charge in [0, 0.05) is 75.9 Å². The number of nitrogens with one attached hydrogen (secondary N) is 14. The van der Waals surface area contributed by atoms with E-state index in [0.717, 1.165) is 10.9 Å². The first kappa shape index (κ1) is 61.8. The van der Waals surface area contributed by atoms with Gasteiger partial charge in [-0.15, -0.1) is 0 Å². The highest BCUT2D eigenvalue weighted by Crippen LogP contribution is 2.20. The summed E-state index contributed by atoms with van der Waals surface area (Å²) in [5.74, 6) is -8.44. The Hall–Kier alpha value is -8.78. The summed E-state index contributed by atoms with van der Waals surface area (Å²) in [6, 6.07) is 6.09. The van der Waals surface area contributed by atoms with Crippen LogP contribution in [0.4, 0.5) is 0 Å². The van der Waals surface area contributed by atoms with Gasteiger partial charge in [-0.25, -0.2) is 0 Å². The number of aromatic nitrogens is 1. The lowest BCUT2D eigenvalue weighted by Crippen LogP contribution is -2.60. The number of benzene rings is 2. The summed E-state index contributed by atoms with van der Waals surface area (Å²) in [5.41, 5.74) is 18.4. The van der Waals surface area contributed by atoms with E-state index in [4.69, 9.17) is 28.0 Å². The molecule has 424 valence electrons. The Labute approximate surface area is 451 Å². The Balaban J connectivity index is 1.80. The first-order valence-corrected chi connectivity index (χ1v) is 25.9. The van der Waals surface area contributed by atoms with Gasteiger partial charge in [0.15, 0.2) is 11.9 Å². The van der Waals surface area contributed by atoms with Crippen molar-refractivity contribution in [3.63, 3.8) is 0 Å². The van der Waals surface area contributed by atoms with E-state index in [9.17, 15) is 47.9 Å². The van der Waals surface area contributed by atoms with Crippen LogP contribution in [0.3, 0.4) is 0 Å². The third-order valence-corrected chi connectivity index (χ3v) is 12.5. The topological polar surface area (TPSA) is 445 Å². The molecule has 0 spiro atoms. The van der Waals surface area contributed by atoms with Crippen LogP contribution in [0.25, 0.3) is 10.9 Å². The molecule has 1 aliphatic rings. The molecule has 78 heavy (non-hydrogen) atoms. The van der Waals surface area contributed by atoms with Crippen molar-refractivity contribution in [2.75, 3.05) is 26.2 Å². The molecule has 10 amide bonds. The van der Waals surface area contributed by atoms with E-state index >= 15 is 0 Å². The highest BCUT2D eigenvalue weighted by molar-refractivity contribution is 5.98. The second-order valence-corrected chi connectivity index (χ2v) is 18.8. The van der Waals surface area contributed by atoms with Crippen molar-refractivity contribution in [1.29, 1.82) is 10.8 Å². The summed E-state index contributed by atoms with van der Waals surface area (Å²) in [5, 5.41) is 45.1. The molecule has 2 aromatic carbocycles. The fraction of sp³-hybridized carbons (Fsp3) is 0.490. The summed E-state index contributed by atoms with van der Waals surface area (Å²) in [7, 11) is 0. The molecule has 1 aromatic heterocycles. The fourth-order valence-corrected chi connectivity index (χ4v) is 8.55. The number of amides is 10. The summed E-state index contributed by atoms with van der Waals surface area (Å²) < 4.78 is 0. The monoisotopic (exact) mass is 1090 g/mol. The van der Waals surface area contributed by atoms with Crippen LogP contribution in [0, 0.1) is 10.8 Å². The lowest BCUT2D eigenvalue weighted by atomic mass is 10.0. The molecule has 1 aliphatic heterocycles. The number of hydrogen-bond acceptors (Lipinski definition) is 12. The van der Waals surface area contributed by atoms with Crippen molar-refractivity contribution >= 4 is 81.9 Å². The van der Waals surface area contributed by atoms with Crippen molar-refractivity contribution in [2.45, 2.75) is 133 Å². The Kier molecular flexibility index (Phi) is 25.3. The van der Waals surface area contributed by atoms with Crippen molar-refractivity contribution in [1.82, 2.24) is 63.5 Å². The summed E-state index contributed by atoms with van der Waals surface area (Å²) in [6.45, 7) is 3.34. The van der Waals surface area contributed by atoms with Gasteiger partial charge in [0.2, 0.25) is 59.1 Å². The third-order valence-electron chi connectivity index (χ3n) is 12.5. The lowest BCUT2D eigenvalue weighted by molar-refractivity contribution is -0.136. The summed E-state index contributed by atoms with van der Waals surface area (Å²) in [4.78, 5) is 141. The van der Waals surface area contributed by atoms with Crippen molar-refractivity contribution in [2.24, 2.45) is 17.2 Å². The van der Waals surface area contributed by atoms with Crippen LogP contribution >= 0.6 is 0 Å². The number of hydrogen-bond donors (Lipinski definition) is 17. The Morgan fingerprint density at radius 1 is 0.692 bits per heavy atom. The molecule has 3 aromatic rings. The van der Waals surface area contributed by atoms with Crippen LogP contribution in [0.5, 0.6) is 0 Å². The van der Waals surface area contributed by atoms with Gasteiger partial charge in [0.25, 0.3) is 0 Å². The van der Waals surface area contributed by atoms with E-state index in [1.807, 2.05) is 24.3 Å². The summed E-state index contributed by atoms with van der Waals surface area (Å²) in [6.07, 6.45) is 0.389. The van der Waals surface area contributed by atoms with Gasteiger partial charge >= 0.3 is 0 Å². The van der Waals surface area contributed by atoms with E-state index in [0.29, 0.717) is 11.1 Å². The molecule has 0 bridgehead atoms. The average Bonchev–Trinajstić information content (AvgIpc) is 3.80. The van der Waals surface area contributed by atoms with Gasteiger partial charge in [0.1, 0.15) is 42.3 Å². The zero-order valence-electron chi connectivity index (χ0n) is 43.9. The van der Waals surface area contributed by atoms with Crippen molar-refractivity contribution in [3.05, 3.63) is 71.9 Å². The van der Waals surface area contributed by atoms with Gasteiger partial charge in [-0.1, -0.05) is 48.5 Å². The van der Waals surface area contributed by atoms with E-state index in [-0.39, 0.29) is 102 Å². The number of likely N-dealkylation sites (N-methyl/N-ethyl adjacent to an activating group) is 1. The SMILES string of the molecule is CCNC(=O)C1CCCNC(=O)CC[C@H](NC(=O)[C@H](CCCNC(=N)N)NC(C)=O)C(=O)N[C@@H](CCC(N)=O)C(=O)NC(Cc2ccccc2)C(=O)N[C@@H](CCCNC(=N)N)C(=O)N[C@@H](Cc2c[nH]c3ccccc23)C(=O)N1. The Morgan fingerprint density at radius 2 is 1.28 bits per heavy atom. The number of rotatable bonds is 20. The molecule has 0 radical (unpaired) electrons. The minimum Gasteiger partial charge on any atom is -0.370 e. The zero-order chi connectivity index (χ0) is 57.1. The van der Waals surface area contributed by atoms with E-state index in [1.54, 1.807) is 43.5 Å². The molecule has 27 nitrogen and oxygen atoms in total. The number of aromatic amines is 1. The van der Waals surface area contributed by atoms with Crippen LogP contribution < -0.4 is 75.7 Å². The largest absolute Gasteiger partial charge is 0.370 e. The number of fused-ring (bicyclic) bond motifs is 1. The van der Waals surface area contributed by atoms with E-state index < -0.39 is 114 Å². The predicted molar refractivity (Wildman–Crippen MR) is 288 cm³/mol. The predicted octanol–water partition coefficient (Wildman–Crippen LogP) is -3.02. The fourth-order valence-electron chi connectivity index (χ4n) is 8.55. The number of H-pyrrole nitrogens is 1. The molecule has 1 saturated heterocycles. The maximum atomic E-state index is 14.7. The number of guanidine groups is 2. The van der Waals surface area contributed by atoms with Crippen LogP contribution in [0.1, 0.15) is 89.2 Å². The quantitative estimate of drug-likeness (QED) is 0.0305. The standard InChI is InChI=1S/C51H75N17O10/c1-3-57-43(72)34-16-9-23-58-42(71)22-20-38(66-44(73)35(62-29(2)69)17-10-24-59-50(53)54)46(75)65-37(19-21-41(52)70)47(76)67-39(26-30-12-5-4-6-13-30)48(77)64-36(18-11-25-60-51(55)56)45(74)68-40(49(78)63-34)27-31-28-61-33-15-8-7-14-32(31)33/h4-8,12-15,28,34-40,61H,3,9-11,16-27H2,1-2H3,(H2,52,70)(H,57,72)(H,58,71)(H,62,69)(H,63,78)(H,64,77)(H,65,75)(H,66,73)(H,67,76)(H,68,74)(H4,53,54,59)(H4,55,56,60)/t34?,35-,36-,37-,38-,39?,40-/m0/s1.